The summed E-state index contributed by atoms with van der Waals surface area (Å²) in [5.41, 5.74) is 15.7. The van der Waals surface area contributed by atoms with Crippen molar-refractivity contribution in [2.45, 2.75) is 9.79 Å². The normalized spacial score (nSPS) is 13.0. The SMILES string of the molecule is CS(=O)(=O)c1cc(N=C(N)N=C(N)N)cc(S(C)(=O)=O)c1. The average molecular weight is 333 g/mol. The molecule has 0 spiro atoms. The number of hydrogen-bond donors (Lipinski definition) is 3. The second kappa shape index (κ2) is 5.69. The van der Waals surface area contributed by atoms with Gasteiger partial charge in [-0.2, -0.15) is 4.99 Å². The number of rotatable bonds is 3. The number of benzene rings is 1. The zero-order valence-corrected chi connectivity index (χ0v) is 12.9. The molecule has 0 aliphatic rings. The number of hydrogen-bond acceptors (Lipinski definition) is 5. The molecule has 9 nitrogen and oxygen atoms in total. The van der Waals surface area contributed by atoms with Crippen molar-refractivity contribution >= 4 is 37.3 Å². The molecular weight excluding hydrogens is 318 g/mol. The van der Waals surface area contributed by atoms with Crippen molar-refractivity contribution in [2.24, 2.45) is 27.2 Å². The van der Waals surface area contributed by atoms with Gasteiger partial charge in [0.1, 0.15) is 0 Å². The van der Waals surface area contributed by atoms with Gasteiger partial charge < -0.3 is 17.2 Å². The van der Waals surface area contributed by atoms with Crippen LogP contribution in [0.1, 0.15) is 0 Å². The van der Waals surface area contributed by atoms with Crippen LogP contribution in [0, 0.1) is 0 Å². The maximum atomic E-state index is 11.6. The minimum atomic E-state index is -3.63. The van der Waals surface area contributed by atoms with Gasteiger partial charge in [0, 0.05) is 12.5 Å². The first-order valence-electron chi connectivity index (χ1n) is 5.38. The molecule has 0 heterocycles. The summed E-state index contributed by atoms with van der Waals surface area (Å²) in [4.78, 5) is 6.81. The Morgan fingerprint density at radius 3 is 1.67 bits per heavy atom. The fourth-order valence-corrected chi connectivity index (χ4v) is 2.77. The van der Waals surface area contributed by atoms with Crippen molar-refractivity contribution in [3.05, 3.63) is 18.2 Å². The standard InChI is InChI=1S/C10H15N5O4S2/c1-20(16,17)7-3-6(14-10(13)15-9(11)12)4-8(5-7)21(2,18)19/h3-5H,1-2H3,(H6,11,12,13,14,15). The lowest BCUT2D eigenvalue weighted by Crippen LogP contribution is -2.26. The lowest BCUT2D eigenvalue weighted by molar-refractivity contribution is 0.600. The minimum Gasteiger partial charge on any atom is -0.370 e. The van der Waals surface area contributed by atoms with Gasteiger partial charge in [-0.15, -0.1) is 0 Å². The van der Waals surface area contributed by atoms with E-state index in [-0.39, 0.29) is 27.4 Å². The minimum absolute atomic E-state index is 0.000787. The first kappa shape index (κ1) is 16.9. The molecule has 0 amide bonds. The van der Waals surface area contributed by atoms with Crippen LogP contribution in [-0.2, 0) is 19.7 Å². The maximum Gasteiger partial charge on any atom is 0.223 e. The third-order valence-corrected chi connectivity index (χ3v) is 4.39. The van der Waals surface area contributed by atoms with Crippen molar-refractivity contribution in [3.63, 3.8) is 0 Å². The highest BCUT2D eigenvalue weighted by molar-refractivity contribution is 7.91. The molecular formula is C10H15N5O4S2. The quantitative estimate of drug-likeness (QED) is 0.456. The monoisotopic (exact) mass is 333 g/mol. The van der Waals surface area contributed by atoms with Crippen molar-refractivity contribution in [1.82, 2.24) is 0 Å². The fourth-order valence-electron chi connectivity index (χ4n) is 1.34. The highest BCUT2D eigenvalue weighted by Gasteiger charge is 2.15. The Labute approximate surface area is 122 Å². The van der Waals surface area contributed by atoms with Crippen molar-refractivity contribution in [2.75, 3.05) is 12.5 Å². The van der Waals surface area contributed by atoms with E-state index in [0.717, 1.165) is 18.6 Å². The van der Waals surface area contributed by atoms with E-state index in [0.29, 0.717) is 0 Å². The molecule has 0 unspecified atom stereocenters. The zero-order valence-electron chi connectivity index (χ0n) is 11.3. The molecule has 0 aliphatic heterocycles. The summed E-state index contributed by atoms with van der Waals surface area (Å²) in [6.07, 6.45) is 1.89. The molecule has 0 aromatic heterocycles. The molecule has 1 rings (SSSR count). The Morgan fingerprint density at radius 1 is 0.905 bits per heavy atom. The van der Waals surface area contributed by atoms with Crippen LogP contribution in [0.15, 0.2) is 38.0 Å². The summed E-state index contributed by atoms with van der Waals surface area (Å²) in [5, 5.41) is 0. The molecule has 6 N–H and O–H groups in total. The van der Waals surface area contributed by atoms with Crippen LogP contribution in [0.5, 0.6) is 0 Å². The molecule has 0 saturated carbocycles. The first-order valence-corrected chi connectivity index (χ1v) is 9.17. The van der Waals surface area contributed by atoms with E-state index in [4.69, 9.17) is 17.2 Å². The number of sulfone groups is 2. The smallest absolute Gasteiger partial charge is 0.223 e. The fraction of sp³-hybridized carbons (Fsp3) is 0.200. The second-order valence-corrected chi connectivity index (χ2v) is 8.25. The molecule has 11 heteroatoms. The molecule has 1 aromatic carbocycles. The number of nitrogens with two attached hydrogens (primary N) is 3. The van der Waals surface area contributed by atoms with E-state index in [1.165, 1.54) is 12.1 Å². The van der Waals surface area contributed by atoms with Gasteiger partial charge in [0.25, 0.3) is 0 Å². The van der Waals surface area contributed by atoms with Gasteiger partial charge in [-0.1, -0.05) is 0 Å². The molecule has 0 atom stereocenters. The lowest BCUT2D eigenvalue weighted by Gasteiger charge is -2.05. The molecule has 21 heavy (non-hydrogen) atoms. The Kier molecular flexibility index (Phi) is 4.59. The van der Waals surface area contributed by atoms with E-state index >= 15 is 0 Å². The Balaban J connectivity index is 3.58. The van der Waals surface area contributed by atoms with Crippen LogP contribution in [0.3, 0.4) is 0 Å². The first-order chi connectivity index (χ1) is 9.39. The van der Waals surface area contributed by atoms with Gasteiger partial charge in [-0.05, 0) is 18.2 Å². The topological polar surface area (TPSA) is 171 Å². The number of nitrogens with zero attached hydrogens (tertiary/aromatic N) is 2. The predicted octanol–water partition coefficient (Wildman–Crippen LogP) is -1.29. The third-order valence-electron chi connectivity index (χ3n) is 2.21. The summed E-state index contributed by atoms with van der Waals surface area (Å²) >= 11 is 0. The van der Waals surface area contributed by atoms with Gasteiger partial charge >= 0.3 is 0 Å². The van der Waals surface area contributed by atoms with E-state index < -0.39 is 19.7 Å². The van der Waals surface area contributed by atoms with Crippen LogP contribution >= 0.6 is 0 Å². The van der Waals surface area contributed by atoms with E-state index in [9.17, 15) is 16.8 Å². The number of aliphatic imine (C=N–C) groups is 2. The predicted molar refractivity (Wildman–Crippen MR) is 79.8 cm³/mol. The third kappa shape index (κ3) is 5.04. The van der Waals surface area contributed by atoms with E-state index in [1.54, 1.807) is 0 Å². The maximum absolute atomic E-state index is 11.6. The van der Waals surface area contributed by atoms with E-state index in [1.807, 2.05) is 0 Å². The molecule has 0 bridgehead atoms. The van der Waals surface area contributed by atoms with Crippen molar-refractivity contribution in [3.8, 4) is 0 Å². The van der Waals surface area contributed by atoms with Crippen LogP contribution in [0.2, 0.25) is 0 Å². The summed E-state index contributed by atoms with van der Waals surface area (Å²) in [6, 6.07) is 3.37. The number of guanidine groups is 2. The van der Waals surface area contributed by atoms with Crippen molar-refractivity contribution in [1.29, 1.82) is 0 Å². The second-order valence-electron chi connectivity index (χ2n) is 4.21. The zero-order chi connectivity index (χ0) is 16.4. The van der Waals surface area contributed by atoms with Gasteiger partial charge in [-0.25, -0.2) is 21.8 Å². The summed E-state index contributed by atoms with van der Waals surface area (Å²) in [7, 11) is -7.25. The average Bonchev–Trinajstić information content (AvgIpc) is 2.24. The molecule has 1 aromatic rings. The molecule has 0 saturated heterocycles. The van der Waals surface area contributed by atoms with Crippen molar-refractivity contribution < 1.29 is 16.8 Å². The van der Waals surface area contributed by atoms with Crippen LogP contribution in [0.25, 0.3) is 0 Å². The summed E-state index contributed by atoms with van der Waals surface area (Å²) in [5.74, 6) is -0.668. The highest BCUT2D eigenvalue weighted by Crippen LogP contribution is 2.24. The van der Waals surface area contributed by atoms with Gasteiger partial charge in [0.2, 0.25) is 5.96 Å². The van der Waals surface area contributed by atoms with Crippen LogP contribution in [0.4, 0.5) is 5.69 Å². The van der Waals surface area contributed by atoms with E-state index in [2.05, 4.69) is 9.98 Å². The Morgan fingerprint density at radius 2 is 1.33 bits per heavy atom. The Hall–Kier alpha value is -2.14. The van der Waals surface area contributed by atoms with Gasteiger partial charge in [-0.3, -0.25) is 0 Å². The molecule has 0 radical (unpaired) electrons. The van der Waals surface area contributed by atoms with Gasteiger partial charge in [0.15, 0.2) is 25.6 Å². The largest absolute Gasteiger partial charge is 0.370 e. The molecule has 116 valence electrons. The molecule has 0 fully saturated rings. The highest BCUT2D eigenvalue weighted by atomic mass is 32.2. The Bertz CT molecular complexity index is 771. The van der Waals surface area contributed by atoms with Gasteiger partial charge in [0.05, 0.1) is 15.5 Å². The summed E-state index contributed by atoms with van der Waals surface area (Å²) in [6.45, 7) is 0. The molecule has 0 aliphatic carbocycles. The van der Waals surface area contributed by atoms with Crippen LogP contribution < -0.4 is 17.2 Å². The lowest BCUT2D eigenvalue weighted by atomic mass is 10.3. The van der Waals surface area contributed by atoms with Crippen LogP contribution in [-0.4, -0.2) is 41.3 Å². The summed E-state index contributed by atoms with van der Waals surface area (Å²) < 4.78 is 46.3.